The van der Waals surface area contributed by atoms with Gasteiger partial charge in [-0.3, -0.25) is 4.79 Å². The van der Waals surface area contributed by atoms with Crippen molar-refractivity contribution in [2.45, 2.75) is 249 Å². The smallest absolute Gasteiger partial charge is 0.249 e. The topological polar surface area (TPSA) is 169 Å². The van der Waals surface area contributed by atoms with Crippen molar-refractivity contribution in [3.63, 3.8) is 0 Å². The fraction of sp³-hybridized carbons (Fsp3) is 0.891. The summed E-state index contributed by atoms with van der Waals surface area (Å²) in [6, 6.07) is -0.991. The molecule has 0 saturated carbocycles. The number of unbranched alkanes of at least 4 members (excludes halogenated alkanes) is 25. The van der Waals surface area contributed by atoms with Crippen molar-refractivity contribution in [2.24, 2.45) is 0 Å². The van der Waals surface area contributed by atoms with E-state index < -0.39 is 61.5 Å². The standard InChI is InChI=1S/C46H87NO9/c1-3-5-7-9-11-13-15-16-17-18-19-20-21-22-23-25-27-29-31-33-35-40(50)45(54)47-38(37-55-46-44(53)43(52)42(51)41(36-48)56-46)39(49)34-32-30-28-26-24-14-12-10-8-6-4-2/h24,26,32,34,38-44,46,48-53H,3-23,25,27-31,33,35-37H2,1-2H3,(H,47,54)/b26-24+,34-32+/t38-,39+,40+,41+,42+,43-,44+,46+/m0/s1. The number of carbonyl (C=O) groups excluding carboxylic acids is 1. The van der Waals surface area contributed by atoms with Gasteiger partial charge in [0, 0.05) is 0 Å². The number of carbonyl (C=O) groups is 1. The average Bonchev–Trinajstić information content (AvgIpc) is 3.20. The molecule has 0 aliphatic carbocycles. The Balaban J connectivity index is 2.36. The van der Waals surface area contributed by atoms with E-state index in [-0.39, 0.29) is 6.61 Å². The number of ether oxygens (including phenoxy) is 2. The number of aliphatic hydroxyl groups excluding tert-OH is 6. The molecule has 56 heavy (non-hydrogen) atoms. The molecule has 0 spiro atoms. The van der Waals surface area contributed by atoms with E-state index in [0.29, 0.717) is 19.3 Å². The normalized spacial score (nSPS) is 21.9. The van der Waals surface area contributed by atoms with Gasteiger partial charge in [-0.25, -0.2) is 0 Å². The van der Waals surface area contributed by atoms with E-state index in [1.54, 1.807) is 6.08 Å². The molecule has 1 fully saturated rings. The van der Waals surface area contributed by atoms with Gasteiger partial charge in [-0.1, -0.05) is 192 Å². The molecule has 330 valence electrons. The van der Waals surface area contributed by atoms with Crippen molar-refractivity contribution in [1.82, 2.24) is 5.32 Å². The van der Waals surface area contributed by atoms with Crippen LogP contribution in [-0.4, -0.2) is 98.7 Å². The summed E-state index contributed by atoms with van der Waals surface area (Å²) in [6.07, 6.45) is 32.8. The summed E-state index contributed by atoms with van der Waals surface area (Å²) in [5.74, 6) is -0.625. The molecule has 7 N–H and O–H groups in total. The number of amides is 1. The molecule has 1 saturated heterocycles. The number of nitrogens with one attached hydrogen (secondary N) is 1. The molecule has 10 nitrogen and oxygen atoms in total. The first kappa shape index (κ1) is 52.6. The summed E-state index contributed by atoms with van der Waals surface area (Å²) in [4.78, 5) is 13.0. The van der Waals surface area contributed by atoms with Crippen LogP contribution in [0.15, 0.2) is 24.3 Å². The van der Waals surface area contributed by atoms with Crippen LogP contribution < -0.4 is 5.32 Å². The number of aliphatic hydroxyl groups is 6. The van der Waals surface area contributed by atoms with Gasteiger partial charge in [0.05, 0.1) is 25.4 Å². The first-order valence-corrected chi connectivity index (χ1v) is 23.2. The van der Waals surface area contributed by atoms with Gasteiger partial charge in [-0.15, -0.1) is 0 Å². The number of rotatable bonds is 38. The maximum Gasteiger partial charge on any atom is 0.249 e. The third kappa shape index (κ3) is 26.6. The molecule has 0 radical (unpaired) electrons. The summed E-state index contributed by atoms with van der Waals surface area (Å²) in [5, 5.41) is 64.5. The zero-order valence-electron chi connectivity index (χ0n) is 35.8. The van der Waals surface area contributed by atoms with Crippen molar-refractivity contribution in [2.75, 3.05) is 13.2 Å². The molecule has 0 bridgehead atoms. The summed E-state index contributed by atoms with van der Waals surface area (Å²) >= 11 is 0. The lowest BCUT2D eigenvalue weighted by Crippen LogP contribution is -2.60. The number of hydrogen-bond donors (Lipinski definition) is 7. The Kier molecular flexibility index (Phi) is 34.5. The Labute approximate surface area is 341 Å². The molecule has 10 heteroatoms. The molecule has 0 unspecified atom stereocenters. The van der Waals surface area contributed by atoms with E-state index >= 15 is 0 Å². The van der Waals surface area contributed by atoms with E-state index in [0.717, 1.165) is 32.1 Å². The lowest BCUT2D eigenvalue weighted by molar-refractivity contribution is -0.302. The molecule has 8 atom stereocenters. The van der Waals surface area contributed by atoms with Gasteiger partial charge in [0.25, 0.3) is 0 Å². The van der Waals surface area contributed by atoms with Crippen LogP contribution in [0.5, 0.6) is 0 Å². The SMILES string of the molecule is CCCCCCC/C=C/CC/C=C/[C@@H](O)[C@H](CO[C@@H]1O[C@H](CO)[C@@H](O)[C@H](O)[C@H]1O)NC(=O)[C@H](O)CCCCCCCCCCCCCCCCCCCCCC. The molecule has 0 aromatic rings. The van der Waals surface area contributed by atoms with Crippen LogP contribution in [0.3, 0.4) is 0 Å². The summed E-state index contributed by atoms with van der Waals surface area (Å²) < 4.78 is 11.1. The van der Waals surface area contributed by atoms with Crippen molar-refractivity contribution in [3.8, 4) is 0 Å². The predicted octanol–water partition coefficient (Wildman–Crippen LogP) is 8.47. The monoisotopic (exact) mass is 798 g/mol. The molecule has 0 aromatic heterocycles. The zero-order valence-corrected chi connectivity index (χ0v) is 35.8. The van der Waals surface area contributed by atoms with E-state index in [4.69, 9.17) is 9.47 Å². The minimum atomic E-state index is -1.61. The molecule has 1 aliphatic rings. The summed E-state index contributed by atoms with van der Waals surface area (Å²) in [5.41, 5.74) is 0. The Hall–Kier alpha value is -1.37. The van der Waals surface area contributed by atoms with E-state index in [1.165, 1.54) is 135 Å². The first-order valence-electron chi connectivity index (χ1n) is 23.2. The Morgan fingerprint density at radius 3 is 1.55 bits per heavy atom. The van der Waals surface area contributed by atoms with Crippen LogP contribution in [0, 0.1) is 0 Å². The minimum absolute atomic E-state index is 0.307. The van der Waals surface area contributed by atoms with Crippen LogP contribution in [0.1, 0.15) is 200 Å². The molecular weight excluding hydrogens is 711 g/mol. The van der Waals surface area contributed by atoms with Gasteiger partial charge in [-0.05, 0) is 32.1 Å². The lowest BCUT2D eigenvalue weighted by atomic mass is 9.99. The average molecular weight is 798 g/mol. The van der Waals surface area contributed by atoms with Crippen molar-refractivity contribution < 1.29 is 44.9 Å². The Morgan fingerprint density at radius 2 is 1.05 bits per heavy atom. The fourth-order valence-corrected chi connectivity index (χ4v) is 7.30. The van der Waals surface area contributed by atoms with Crippen molar-refractivity contribution in [3.05, 3.63) is 24.3 Å². The predicted molar refractivity (Wildman–Crippen MR) is 227 cm³/mol. The largest absolute Gasteiger partial charge is 0.394 e. The summed E-state index contributed by atoms with van der Waals surface area (Å²) in [6.45, 7) is 3.56. The molecule has 1 amide bonds. The van der Waals surface area contributed by atoms with Gasteiger partial charge in [0.2, 0.25) is 5.91 Å². The van der Waals surface area contributed by atoms with Crippen molar-refractivity contribution in [1.29, 1.82) is 0 Å². The quantitative estimate of drug-likeness (QED) is 0.0239. The second-order valence-electron chi connectivity index (χ2n) is 16.3. The molecule has 1 rings (SSSR count). The second kappa shape index (κ2) is 36.7. The maximum atomic E-state index is 13.0. The minimum Gasteiger partial charge on any atom is -0.394 e. The summed E-state index contributed by atoms with van der Waals surface area (Å²) in [7, 11) is 0. The number of allylic oxidation sites excluding steroid dienone is 3. The fourth-order valence-electron chi connectivity index (χ4n) is 7.30. The van der Waals surface area contributed by atoms with Crippen LogP contribution >= 0.6 is 0 Å². The van der Waals surface area contributed by atoms with E-state index in [9.17, 15) is 35.4 Å². The highest BCUT2D eigenvalue weighted by Gasteiger charge is 2.44. The Bertz CT molecular complexity index is 948. The second-order valence-corrected chi connectivity index (χ2v) is 16.3. The Morgan fingerprint density at radius 1 is 0.607 bits per heavy atom. The third-order valence-corrected chi connectivity index (χ3v) is 11.1. The van der Waals surface area contributed by atoms with Crippen LogP contribution in [0.2, 0.25) is 0 Å². The number of hydrogen-bond acceptors (Lipinski definition) is 9. The molecular formula is C46H87NO9. The van der Waals surface area contributed by atoms with E-state index in [2.05, 4.69) is 31.3 Å². The van der Waals surface area contributed by atoms with Crippen molar-refractivity contribution >= 4 is 5.91 Å². The zero-order chi connectivity index (χ0) is 41.1. The molecule has 1 heterocycles. The highest BCUT2D eigenvalue weighted by Crippen LogP contribution is 2.23. The van der Waals surface area contributed by atoms with Gasteiger partial charge in [-0.2, -0.15) is 0 Å². The van der Waals surface area contributed by atoms with E-state index in [1.807, 2.05) is 6.08 Å². The van der Waals surface area contributed by atoms with Gasteiger partial charge in [0.15, 0.2) is 6.29 Å². The van der Waals surface area contributed by atoms with Gasteiger partial charge >= 0.3 is 0 Å². The molecule has 0 aromatic carbocycles. The van der Waals surface area contributed by atoms with Crippen LogP contribution in [0.25, 0.3) is 0 Å². The lowest BCUT2D eigenvalue weighted by Gasteiger charge is -2.40. The third-order valence-electron chi connectivity index (χ3n) is 11.1. The van der Waals surface area contributed by atoms with Gasteiger partial charge in [0.1, 0.15) is 30.5 Å². The van der Waals surface area contributed by atoms with Crippen LogP contribution in [-0.2, 0) is 14.3 Å². The maximum absolute atomic E-state index is 13.0. The highest BCUT2D eigenvalue weighted by molar-refractivity contribution is 5.80. The van der Waals surface area contributed by atoms with Crippen LogP contribution in [0.4, 0.5) is 0 Å². The highest BCUT2D eigenvalue weighted by atomic mass is 16.7. The van der Waals surface area contributed by atoms with Gasteiger partial charge < -0.3 is 45.4 Å². The molecule has 1 aliphatic heterocycles. The first-order chi connectivity index (χ1) is 27.3.